The highest BCUT2D eigenvalue weighted by Gasteiger charge is 2.37. The molecule has 2 N–H and O–H groups in total. The van der Waals surface area contributed by atoms with Crippen molar-refractivity contribution in [3.63, 3.8) is 0 Å². The Morgan fingerprint density at radius 2 is 1.56 bits per heavy atom. The molecule has 2 aromatic carbocycles. The molecule has 6 nitrogen and oxygen atoms in total. The van der Waals surface area contributed by atoms with Gasteiger partial charge in [0, 0.05) is 28.9 Å². The number of primary amides is 1. The van der Waals surface area contributed by atoms with E-state index in [1.165, 1.54) is 6.20 Å². The highest BCUT2D eigenvalue weighted by Crippen LogP contribution is 2.38. The van der Waals surface area contributed by atoms with Crippen LogP contribution in [-0.2, 0) is 17.1 Å². The molecule has 0 spiro atoms. The van der Waals surface area contributed by atoms with E-state index in [0.717, 1.165) is 22.6 Å². The number of nitrogens with two attached hydrogens (primary N) is 1. The van der Waals surface area contributed by atoms with Gasteiger partial charge < -0.3 is 5.73 Å². The van der Waals surface area contributed by atoms with Crippen LogP contribution in [0.3, 0.4) is 0 Å². The second-order valence-electron chi connectivity index (χ2n) is 7.17. The van der Waals surface area contributed by atoms with E-state index >= 15 is 0 Å². The zero-order chi connectivity index (χ0) is 24.7. The molecule has 0 aliphatic heterocycles. The molecule has 0 saturated heterocycles. The first-order valence-electron chi connectivity index (χ1n) is 9.49. The first kappa shape index (κ1) is 23.0. The third kappa shape index (κ3) is 4.75. The Balaban J connectivity index is 1.76. The Bertz CT molecular complexity index is 1390. The summed E-state index contributed by atoms with van der Waals surface area (Å²) in [5.41, 5.74) is 2.94. The number of rotatable bonds is 4. The smallest absolute Gasteiger partial charge is 0.366 e. The highest BCUT2D eigenvalue weighted by molar-refractivity contribution is 6.22. The molecule has 0 aliphatic rings. The second kappa shape index (κ2) is 8.28. The molecule has 4 aromatic rings. The normalized spacial score (nSPS) is 12.8. The van der Waals surface area contributed by atoms with Gasteiger partial charge in [-0.1, -0.05) is 18.2 Å². The predicted octanol–water partition coefficient (Wildman–Crippen LogP) is 5.01. The molecule has 2 aromatic heterocycles. The van der Waals surface area contributed by atoms with E-state index < -0.39 is 40.8 Å². The van der Waals surface area contributed by atoms with Gasteiger partial charge in [0.2, 0.25) is 0 Å². The van der Waals surface area contributed by atoms with Crippen LogP contribution in [0.4, 0.5) is 26.3 Å². The van der Waals surface area contributed by atoms with Crippen molar-refractivity contribution in [1.82, 2.24) is 19.7 Å². The Labute approximate surface area is 187 Å². The molecule has 0 unspecified atom stereocenters. The lowest BCUT2D eigenvalue weighted by Crippen LogP contribution is -2.14. The largest absolute Gasteiger partial charge is 0.416 e. The number of hydrogen-bond acceptors (Lipinski definition) is 4. The zero-order valence-corrected chi connectivity index (χ0v) is 16.9. The molecular weight excluding hydrogens is 464 g/mol. The van der Waals surface area contributed by atoms with Gasteiger partial charge in [-0.2, -0.15) is 26.3 Å². The number of benzene rings is 2. The van der Waals surface area contributed by atoms with Crippen LogP contribution in [0, 0.1) is 0 Å². The summed E-state index contributed by atoms with van der Waals surface area (Å²) < 4.78 is 79.8. The maximum Gasteiger partial charge on any atom is 0.416 e. The first-order valence-corrected chi connectivity index (χ1v) is 9.49. The molecule has 0 aliphatic carbocycles. The van der Waals surface area contributed by atoms with Gasteiger partial charge in [0.1, 0.15) is 6.33 Å². The number of aromatic nitrogens is 4. The van der Waals surface area contributed by atoms with Gasteiger partial charge in [-0.05, 0) is 30.3 Å². The number of halogens is 6. The van der Waals surface area contributed by atoms with Crippen LogP contribution in [0.1, 0.15) is 16.7 Å². The molecule has 174 valence electrons. The lowest BCUT2D eigenvalue weighted by molar-refractivity contribution is -0.143. The first-order chi connectivity index (χ1) is 15.9. The van der Waals surface area contributed by atoms with Gasteiger partial charge in [-0.25, -0.2) is 9.67 Å². The SMILES string of the molecule is NC(=O)/C(=C\n1cnc(-c2cc(C(F)(F)F)cc(C(F)(F)F)c2)n1)c1cnc2ccccc2c1. The molecule has 12 heteroatoms. The summed E-state index contributed by atoms with van der Waals surface area (Å²) in [5.74, 6) is -1.26. The summed E-state index contributed by atoms with van der Waals surface area (Å²) in [6, 6.07) is 9.79. The molecule has 34 heavy (non-hydrogen) atoms. The monoisotopic (exact) mass is 477 g/mol. The van der Waals surface area contributed by atoms with Crippen molar-refractivity contribution >= 4 is 28.6 Å². The number of carbonyl (C=O) groups excluding carboxylic acids is 1. The van der Waals surface area contributed by atoms with Gasteiger partial charge in [0.15, 0.2) is 5.82 Å². The number of fused-ring (bicyclic) bond motifs is 1. The van der Waals surface area contributed by atoms with Crippen LogP contribution in [-0.4, -0.2) is 25.7 Å². The number of alkyl halides is 6. The summed E-state index contributed by atoms with van der Waals surface area (Å²) in [6.07, 6.45) is -6.44. The lowest BCUT2D eigenvalue weighted by atomic mass is 10.0. The van der Waals surface area contributed by atoms with Crippen LogP contribution < -0.4 is 5.73 Å². The molecule has 1 amide bonds. The summed E-state index contributed by atoms with van der Waals surface area (Å²) >= 11 is 0. The zero-order valence-electron chi connectivity index (χ0n) is 16.9. The van der Waals surface area contributed by atoms with Gasteiger partial charge >= 0.3 is 12.4 Å². The topological polar surface area (TPSA) is 86.7 Å². The molecule has 0 radical (unpaired) electrons. The fourth-order valence-electron chi connectivity index (χ4n) is 3.18. The van der Waals surface area contributed by atoms with Crippen molar-refractivity contribution in [1.29, 1.82) is 0 Å². The Morgan fingerprint density at radius 1 is 0.912 bits per heavy atom. The number of nitrogens with zero attached hydrogens (tertiary/aromatic N) is 4. The van der Waals surface area contributed by atoms with E-state index in [2.05, 4.69) is 15.1 Å². The van der Waals surface area contributed by atoms with Crippen molar-refractivity contribution < 1.29 is 31.1 Å². The molecule has 2 heterocycles. The molecule has 4 rings (SSSR count). The summed E-state index contributed by atoms with van der Waals surface area (Å²) in [4.78, 5) is 20.1. The van der Waals surface area contributed by atoms with Gasteiger partial charge in [0.25, 0.3) is 5.91 Å². The molecule has 0 bridgehead atoms. The van der Waals surface area contributed by atoms with Crippen molar-refractivity contribution in [3.8, 4) is 11.4 Å². The van der Waals surface area contributed by atoms with Crippen LogP contribution in [0.15, 0.2) is 61.1 Å². The van der Waals surface area contributed by atoms with Crippen molar-refractivity contribution in [2.45, 2.75) is 12.4 Å². The Morgan fingerprint density at radius 3 is 2.18 bits per heavy atom. The van der Waals surface area contributed by atoms with E-state index in [1.807, 2.05) is 0 Å². The average molecular weight is 477 g/mol. The lowest BCUT2D eigenvalue weighted by Gasteiger charge is -2.13. The second-order valence-corrected chi connectivity index (χ2v) is 7.17. The standard InChI is InChI=1S/C22H13F6N5O/c23-21(24,25)15-6-13(7-16(8-15)22(26,27)28)20-31-11-33(32-20)10-17(19(29)34)14-5-12-3-1-2-4-18(12)30-9-14/h1-11H,(H2,29,34)/b17-10-. The quantitative estimate of drug-likeness (QED) is 0.331. The van der Waals surface area contributed by atoms with E-state index in [0.29, 0.717) is 23.2 Å². The fraction of sp³-hybridized carbons (Fsp3) is 0.0909. The minimum Gasteiger partial charge on any atom is -0.366 e. The maximum atomic E-state index is 13.1. The summed E-state index contributed by atoms with van der Waals surface area (Å²) in [6.45, 7) is 0. The van der Waals surface area contributed by atoms with Crippen LogP contribution >= 0.6 is 0 Å². The van der Waals surface area contributed by atoms with Crippen molar-refractivity contribution in [2.75, 3.05) is 0 Å². The Kier molecular flexibility index (Phi) is 5.59. The van der Waals surface area contributed by atoms with Crippen LogP contribution in [0.25, 0.3) is 34.1 Å². The van der Waals surface area contributed by atoms with Crippen molar-refractivity contribution in [2.24, 2.45) is 5.73 Å². The highest BCUT2D eigenvalue weighted by atomic mass is 19.4. The molecular formula is C22H13F6N5O. The summed E-state index contributed by atoms with van der Waals surface area (Å²) in [7, 11) is 0. The van der Waals surface area contributed by atoms with Gasteiger partial charge in [0.05, 0.1) is 22.2 Å². The van der Waals surface area contributed by atoms with E-state index in [4.69, 9.17) is 5.73 Å². The number of amides is 1. The van der Waals surface area contributed by atoms with Crippen molar-refractivity contribution in [3.05, 3.63) is 77.7 Å². The van der Waals surface area contributed by atoms with Gasteiger partial charge in [-0.15, -0.1) is 5.10 Å². The van der Waals surface area contributed by atoms with Crippen LogP contribution in [0.2, 0.25) is 0 Å². The Hall–Kier alpha value is -4.22. The van der Waals surface area contributed by atoms with Crippen LogP contribution in [0.5, 0.6) is 0 Å². The molecule has 0 fully saturated rings. The third-order valence-corrected chi connectivity index (χ3v) is 4.78. The molecule has 0 atom stereocenters. The minimum absolute atomic E-state index is 0.0122. The van der Waals surface area contributed by atoms with Gasteiger partial charge in [-0.3, -0.25) is 9.78 Å². The average Bonchev–Trinajstić information content (AvgIpc) is 3.24. The number of hydrogen-bond donors (Lipinski definition) is 1. The fourth-order valence-corrected chi connectivity index (χ4v) is 3.18. The number of para-hydroxylation sites is 1. The predicted molar refractivity (Wildman–Crippen MR) is 111 cm³/mol. The minimum atomic E-state index is -5.01. The third-order valence-electron chi connectivity index (χ3n) is 4.78. The van der Waals surface area contributed by atoms with E-state index in [-0.39, 0.29) is 11.6 Å². The molecule has 0 saturated carbocycles. The number of carbonyl (C=O) groups is 1. The maximum absolute atomic E-state index is 13.1. The van der Waals surface area contributed by atoms with E-state index in [9.17, 15) is 31.1 Å². The summed E-state index contributed by atoms with van der Waals surface area (Å²) in [5, 5.41) is 4.62. The number of pyridine rings is 1. The van der Waals surface area contributed by atoms with E-state index in [1.54, 1.807) is 30.3 Å².